The van der Waals surface area contributed by atoms with Gasteiger partial charge < -0.3 is 9.73 Å². The van der Waals surface area contributed by atoms with Crippen LogP contribution in [-0.2, 0) is 0 Å². The van der Waals surface area contributed by atoms with Crippen molar-refractivity contribution in [2.75, 3.05) is 6.54 Å². The zero-order valence-corrected chi connectivity index (χ0v) is 12.0. The highest BCUT2D eigenvalue weighted by atomic mass is 79.9. The first kappa shape index (κ1) is 13.1. The molecule has 1 atom stereocenters. The molecule has 0 spiro atoms. The molecule has 3 nitrogen and oxygen atoms in total. The SMILES string of the molecule is CC(C)C(Br)CNC(=O)c1coc2ccccc12. The van der Waals surface area contributed by atoms with Crippen molar-refractivity contribution in [3.8, 4) is 0 Å². The van der Waals surface area contributed by atoms with Crippen LogP contribution in [0.25, 0.3) is 11.0 Å². The van der Waals surface area contributed by atoms with Crippen LogP contribution in [0.1, 0.15) is 24.2 Å². The first-order valence-electron chi connectivity index (χ1n) is 5.98. The molecule has 0 bridgehead atoms. The van der Waals surface area contributed by atoms with E-state index in [-0.39, 0.29) is 10.7 Å². The fraction of sp³-hybridized carbons (Fsp3) is 0.357. The summed E-state index contributed by atoms with van der Waals surface area (Å²) in [6, 6.07) is 7.53. The minimum absolute atomic E-state index is 0.0925. The number of carbonyl (C=O) groups is 1. The van der Waals surface area contributed by atoms with E-state index in [1.807, 2.05) is 24.3 Å². The largest absolute Gasteiger partial charge is 0.463 e. The number of para-hydroxylation sites is 1. The molecule has 2 rings (SSSR count). The third kappa shape index (κ3) is 2.75. The number of alkyl halides is 1. The number of furan rings is 1. The second kappa shape index (κ2) is 5.57. The van der Waals surface area contributed by atoms with E-state index in [1.54, 1.807) is 0 Å². The highest BCUT2D eigenvalue weighted by molar-refractivity contribution is 9.09. The van der Waals surface area contributed by atoms with Crippen molar-refractivity contribution >= 4 is 32.8 Å². The average molecular weight is 310 g/mol. The standard InChI is InChI=1S/C14H16BrNO2/c1-9(2)12(15)7-16-14(17)11-8-18-13-6-4-3-5-10(11)13/h3-6,8-9,12H,7H2,1-2H3,(H,16,17). The summed E-state index contributed by atoms with van der Waals surface area (Å²) in [6.45, 7) is 4.83. The van der Waals surface area contributed by atoms with E-state index in [2.05, 4.69) is 35.1 Å². The first-order chi connectivity index (χ1) is 8.59. The molecule has 0 fully saturated rings. The van der Waals surface area contributed by atoms with E-state index < -0.39 is 0 Å². The summed E-state index contributed by atoms with van der Waals surface area (Å²) in [5.41, 5.74) is 1.33. The van der Waals surface area contributed by atoms with Gasteiger partial charge >= 0.3 is 0 Å². The Kier molecular flexibility index (Phi) is 4.07. The Hall–Kier alpha value is -1.29. The van der Waals surface area contributed by atoms with Gasteiger partial charge in [0.05, 0.1) is 5.56 Å². The predicted octanol–water partition coefficient (Wildman–Crippen LogP) is 3.58. The van der Waals surface area contributed by atoms with Crippen LogP contribution in [0.4, 0.5) is 0 Å². The number of rotatable bonds is 4. The molecule has 1 N–H and O–H groups in total. The minimum Gasteiger partial charge on any atom is -0.463 e. The van der Waals surface area contributed by atoms with Crippen molar-refractivity contribution in [3.63, 3.8) is 0 Å². The lowest BCUT2D eigenvalue weighted by Gasteiger charge is -2.13. The number of nitrogens with one attached hydrogen (secondary N) is 1. The Morgan fingerprint density at radius 3 is 2.83 bits per heavy atom. The highest BCUT2D eigenvalue weighted by Gasteiger charge is 2.15. The van der Waals surface area contributed by atoms with Crippen molar-refractivity contribution in [2.24, 2.45) is 5.92 Å². The Balaban J connectivity index is 2.10. The summed E-state index contributed by atoms with van der Waals surface area (Å²) in [6.07, 6.45) is 1.51. The molecular weight excluding hydrogens is 294 g/mol. The number of benzene rings is 1. The van der Waals surface area contributed by atoms with Crippen LogP contribution in [0.5, 0.6) is 0 Å². The van der Waals surface area contributed by atoms with Gasteiger partial charge in [-0.3, -0.25) is 4.79 Å². The molecule has 2 aromatic rings. The maximum atomic E-state index is 12.1. The predicted molar refractivity (Wildman–Crippen MR) is 76.1 cm³/mol. The van der Waals surface area contributed by atoms with Crippen molar-refractivity contribution in [1.29, 1.82) is 0 Å². The number of halogens is 1. The van der Waals surface area contributed by atoms with Gasteiger partial charge in [-0.2, -0.15) is 0 Å². The van der Waals surface area contributed by atoms with Gasteiger partial charge in [0.25, 0.3) is 5.91 Å². The van der Waals surface area contributed by atoms with Gasteiger partial charge in [0.1, 0.15) is 11.8 Å². The molecule has 0 radical (unpaired) electrons. The minimum atomic E-state index is -0.0925. The second-order valence-corrected chi connectivity index (χ2v) is 5.79. The lowest BCUT2D eigenvalue weighted by molar-refractivity contribution is 0.0953. The quantitative estimate of drug-likeness (QED) is 0.877. The number of amides is 1. The van der Waals surface area contributed by atoms with Gasteiger partial charge in [0, 0.05) is 16.8 Å². The smallest absolute Gasteiger partial charge is 0.255 e. The molecule has 1 heterocycles. The van der Waals surface area contributed by atoms with Gasteiger partial charge in [0.15, 0.2) is 0 Å². The Morgan fingerprint density at radius 1 is 1.39 bits per heavy atom. The fourth-order valence-corrected chi connectivity index (χ4v) is 1.84. The van der Waals surface area contributed by atoms with Crippen LogP contribution in [0.2, 0.25) is 0 Å². The maximum absolute atomic E-state index is 12.1. The summed E-state index contributed by atoms with van der Waals surface area (Å²) in [5.74, 6) is 0.386. The lowest BCUT2D eigenvalue weighted by atomic mass is 10.1. The number of hydrogen-bond donors (Lipinski definition) is 1. The van der Waals surface area contributed by atoms with Gasteiger partial charge in [0.2, 0.25) is 0 Å². The normalized spacial score (nSPS) is 12.9. The molecule has 1 aromatic heterocycles. The van der Waals surface area contributed by atoms with E-state index in [9.17, 15) is 4.79 Å². The van der Waals surface area contributed by atoms with Gasteiger partial charge in [-0.15, -0.1) is 0 Å². The van der Waals surface area contributed by atoms with Gasteiger partial charge in [-0.25, -0.2) is 0 Å². The third-order valence-corrected chi connectivity index (χ3v) is 4.29. The van der Waals surface area contributed by atoms with Crippen molar-refractivity contribution in [3.05, 3.63) is 36.1 Å². The average Bonchev–Trinajstić information content (AvgIpc) is 2.79. The van der Waals surface area contributed by atoms with Crippen LogP contribution in [0.3, 0.4) is 0 Å². The van der Waals surface area contributed by atoms with Crippen LogP contribution >= 0.6 is 15.9 Å². The Bertz CT molecular complexity index is 547. The molecule has 96 valence electrons. The molecule has 18 heavy (non-hydrogen) atoms. The van der Waals surface area contributed by atoms with E-state index in [4.69, 9.17) is 4.42 Å². The van der Waals surface area contributed by atoms with Gasteiger partial charge in [-0.05, 0) is 12.0 Å². The van der Waals surface area contributed by atoms with Crippen molar-refractivity contribution < 1.29 is 9.21 Å². The molecule has 1 unspecified atom stereocenters. The molecule has 0 aliphatic carbocycles. The monoisotopic (exact) mass is 309 g/mol. The Labute approximate surface area is 115 Å². The molecule has 4 heteroatoms. The molecule has 1 aromatic carbocycles. The number of hydrogen-bond acceptors (Lipinski definition) is 2. The lowest BCUT2D eigenvalue weighted by Crippen LogP contribution is -2.31. The molecule has 0 aliphatic heterocycles. The number of fused-ring (bicyclic) bond motifs is 1. The fourth-order valence-electron chi connectivity index (χ4n) is 1.67. The summed E-state index contributed by atoms with van der Waals surface area (Å²) in [5, 5.41) is 3.76. The summed E-state index contributed by atoms with van der Waals surface area (Å²) < 4.78 is 5.35. The van der Waals surface area contributed by atoms with E-state index in [0.29, 0.717) is 18.0 Å². The zero-order chi connectivity index (χ0) is 13.1. The molecule has 0 aliphatic rings. The topological polar surface area (TPSA) is 42.2 Å². The van der Waals surface area contributed by atoms with Gasteiger partial charge in [-0.1, -0.05) is 48.0 Å². The van der Waals surface area contributed by atoms with Crippen LogP contribution < -0.4 is 5.32 Å². The van der Waals surface area contributed by atoms with Crippen molar-refractivity contribution in [1.82, 2.24) is 5.32 Å². The summed E-state index contributed by atoms with van der Waals surface area (Å²) >= 11 is 3.55. The van der Waals surface area contributed by atoms with E-state index >= 15 is 0 Å². The summed E-state index contributed by atoms with van der Waals surface area (Å²) in [7, 11) is 0. The van der Waals surface area contributed by atoms with E-state index in [1.165, 1.54) is 6.26 Å². The van der Waals surface area contributed by atoms with Crippen LogP contribution in [-0.4, -0.2) is 17.3 Å². The summed E-state index contributed by atoms with van der Waals surface area (Å²) in [4.78, 5) is 12.3. The van der Waals surface area contributed by atoms with Crippen LogP contribution in [0, 0.1) is 5.92 Å². The molecular formula is C14H16BrNO2. The highest BCUT2D eigenvalue weighted by Crippen LogP contribution is 2.20. The number of carbonyl (C=O) groups excluding carboxylic acids is 1. The van der Waals surface area contributed by atoms with Crippen molar-refractivity contribution in [2.45, 2.75) is 18.7 Å². The second-order valence-electron chi connectivity index (χ2n) is 4.62. The zero-order valence-electron chi connectivity index (χ0n) is 10.4. The first-order valence-corrected chi connectivity index (χ1v) is 6.89. The molecule has 0 saturated heterocycles. The van der Waals surface area contributed by atoms with Crippen LogP contribution in [0.15, 0.2) is 34.9 Å². The maximum Gasteiger partial charge on any atom is 0.255 e. The molecule has 0 saturated carbocycles. The molecule has 1 amide bonds. The third-order valence-electron chi connectivity index (χ3n) is 2.91. The Morgan fingerprint density at radius 2 is 2.11 bits per heavy atom. The van der Waals surface area contributed by atoms with E-state index in [0.717, 1.165) is 11.0 Å².